The van der Waals surface area contributed by atoms with Gasteiger partial charge in [-0.3, -0.25) is 14.2 Å². The van der Waals surface area contributed by atoms with Gasteiger partial charge in [0.05, 0.1) is 11.7 Å². The summed E-state index contributed by atoms with van der Waals surface area (Å²) < 4.78 is 1.58. The summed E-state index contributed by atoms with van der Waals surface area (Å²) in [6, 6.07) is 0. The van der Waals surface area contributed by atoms with Gasteiger partial charge in [-0.25, -0.2) is 4.98 Å². The Morgan fingerprint density at radius 1 is 1.48 bits per heavy atom. The summed E-state index contributed by atoms with van der Waals surface area (Å²) >= 11 is 1.54. The summed E-state index contributed by atoms with van der Waals surface area (Å²) in [6.45, 7) is 5.35. The van der Waals surface area contributed by atoms with Crippen molar-refractivity contribution in [1.82, 2.24) is 14.9 Å². The monoisotopic (exact) mass is 308 g/mol. The lowest BCUT2D eigenvalue weighted by Crippen LogP contribution is -2.29. The average Bonchev–Trinajstić information content (AvgIpc) is 2.75. The molecule has 114 valence electrons. The molecule has 1 amide bonds. The quantitative estimate of drug-likeness (QED) is 0.830. The number of carbonyl (C=O) groups is 1. The van der Waals surface area contributed by atoms with E-state index in [1.807, 2.05) is 13.8 Å². The van der Waals surface area contributed by atoms with Crippen molar-refractivity contribution >= 4 is 27.5 Å². The Morgan fingerprint density at radius 2 is 2.24 bits per heavy atom. The van der Waals surface area contributed by atoms with E-state index >= 15 is 0 Å². The number of nitrogens with zero attached hydrogens (tertiary/aromatic N) is 2. The minimum absolute atomic E-state index is 0.0239. The second-order valence-electron chi connectivity index (χ2n) is 4.95. The van der Waals surface area contributed by atoms with Crippen molar-refractivity contribution in [2.45, 2.75) is 33.2 Å². The predicted molar refractivity (Wildman–Crippen MR) is 84.7 cm³/mol. The van der Waals surface area contributed by atoms with Gasteiger partial charge in [0.1, 0.15) is 4.83 Å². The fourth-order valence-electron chi connectivity index (χ4n) is 2.14. The van der Waals surface area contributed by atoms with Gasteiger partial charge < -0.3 is 11.1 Å². The molecule has 0 aliphatic carbocycles. The van der Waals surface area contributed by atoms with Crippen molar-refractivity contribution < 1.29 is 4.79 Å². The van der Waals surface area contributed by atoms with Crippen LogP contribution in [0.3, 0.4) is 0 Å². The van der Waals surface area contributed by atoms with E-state index in [4.69, 9.17) is 5.73 Å². The van der Waals surface area contributed by atoms with Gasteiger partial charge in [0, 0.05) is 30.9 Å². The summed E-state index contributed by atoms with van der Waals surface area (Å²) in [4.78, 5) is 30.1. The lowest BCUT2D eigenvalue weighted by Gasteiger charge is -2.06. The molecule has 0 radical (unpaired) electrons. The second-order valence-corrected chi connectivity index (χ2v) is 6.15. The van der Waals surface area contributed by atoms with Gasteiger partial charge >= 0.3 is 0 Å². The molecular weight excluding hydrogens is 288 g/mol. The number of hydrogen-bond donors (Lipinski definition) is 2. The predicted octanol–water partition coefficient (Wildman–Crippen LogP) is 0.930. The van der Waals surface area contributed by atoms with E-state index in [9.17, 15) is 9.59 Å². The lowest BCUT2D eigenvalue weighted by atomic mass is 10.2. The molecule has 0 saturated carbocycles. The van der Waals surface area contributed by atoms with Gasteiger partial charge in [0.25, 0.3) is 5.56 Å². The zero-order valence-corrected chi connectivity index (χ0v) is 13.1. The van der Waals surface area contributed by atoms with Crippen LogP contribution in [0.5, 0.6) is 0 Å². The van der Waals surface area contributed by atoms with E-state index in [1.54, 1.807) is 10.9 Å². The zero-order chi connectivity index (χ0) is 15.4. The van der Waals surface area contributed by atoms with E-state index in [0.29, 0.717) is 37.9 Å². The first-order valence-electron chi connectivity index (χ1n) is 6.96. The van der Waals surface area contributed by atoms with Crippen LogP contribution < -0.4 is 16.6 Å². The fourth-order valence-corrected chi connectivity index (χ4v) is 3.13. The third kappa shape index (κ3) is 3.48. The zero-order valence-electron chi connectivity index (χ0n) is 12.3. The molecule has 0 aliphatic heterocycles. The summed E-state index contributed by atoms with van der Waals surface area (Å²) in [5.41, 5.74) is 6.30. The Balaban J connectivity index is 2.06. The third-order valence-electron chi connectivity index (χ3n) is 3.43. The highest BCUT2D eigenvalue weighted by atomic mass is 32.1. The van der Waals surface area contributed by atoms with Crippen LogP contribution in [0.25, 0.3) is 10.2 Å². The highest BCUT2D eigenvalue weighted by Crippen LogP contribution is 2.25. The summed E-state index contributed by atoms with van der Waals surface area (Å²) in [5, 5.41) is 3.41. The molecule has 2 aromatic heterocycles. The summed E-state index contributed by atoms with van der Waals surface area (Å²) in [7, 11) is 0. The summed E-state index contributed by atoms with van der Waals surface area (Å²) in [6.07, 6.45) is 2.55. The topological polar surface area (TPSA) is 90.0 Å². The number of aryl methyl sites for hydroxylation is 3. The molecule has 2 rings (SSSR count). The number of carbonyl (C=O) groups excluding carboxylic acids is 1. The van der Waals surface area contributed by atoms with Crippen molar-refractivity contribution in [3.63, 3.8) is 0 Å². The van der Waals surface area contributed by atoms with E-state index in [1.165, 1.54) is 11.3 Å². The first kappa shape index (κ1) is 15.7. The van der Waals surface area contributed by atoms with Crippen LogP contribution in [-0.4, -0.2) is 28.5 Å². The van der Waals surface area contributed by atoms with Crippen LogP contribution in [0.2, 0.25) is 0 Å². The molecule has 0 aliphatic rings. The molecular formula is C14H20N4O2S. The molecule has 0 aromatic carbocycles. The lowest BCUT2D eigenvalue weighted by molar-refractivity contribution is -0.121. The van der Waals surface area contributed by atoms with Gasteiger partial charge in [-0.2, -0.15) is 0 Å². The van der Waals surface area contributed by atoms with Gasteiger partial charge in [-0.15, -0.1) is 11.3 Å². The van der Waals surface area contributed by atoms with Gasteiger partial charge in [0.2, 0.25) is 5.91 Å². The van der Waals surface area contributed by atoms with E-state index in [-0.39, 0.29) is 11.5 Å². The van der Waals surface area contributed by atoms with Crippen LogP contribution in [0.1, 0.15) is 23.3 Å². The van der Waals surface area contributed by atoms with Crippen LogP contribution in [0.15, 0.2) is 11.1 Å². The number of nitrogens with two attached hydrogens (primary N) is 1. The molecule has 21 heavy (non-hydrogen) atoms. The second kappa shape index (κ2) is 6.82. The first-order chi connectivity index (χ1) is 10.0. The first-order valence-corrected chi connectivity index (χ1v) is 7.78. The number of rotatable bonds is 6. The Kier molecular flexibility index (Phi) is 5.08. The van der Waals surface area contributed by atoms with Crippen LogP contribution in [-0.2, 0) is 11.3 Å². The Labute approximate surface area is 127 Å². The van der Waals surface area contributed by atoms with Crippen molar-refractivity contribution in [3.05, 3.63) is 27.1 Å². The molecule has 0 saturated heterocycles. The Hall–Kier alpha value is -1.73. The van der Waals surface area contributed by atoms with Gasteiger partial charge in [-0.1, -0.05) is 0 Å². The van der Waals surface area contributed by atoms with Crippen molar-refractivity contribution in [2.24, 2.45) is 5.73 Å². The number of hydrogen-bond acceptors (Lipinski definition) is 5. The van der Waals surface area contributed by atoms with Crippen LogP contribution in [0.4, 0.5) is 0 Å². The highest BCUT2D eigenvalue weighted by molar-refractivity contribution is 7.18. The maximum Gasteiger partial charge on any atom is 0.262 e. The average molecular weight is 308 g/mol. The van der Waals surface area contributed by atoms with E-state index in [2.05, 4.69) is 10.3 Å². The van der Waals surface area contributed by atoms with Crippen LogP contribution in [0, 0.1) is 13.8 Å². The smallest absolute Gasteiger partial charge is 0.262 e. The molecule has 7 heteroatoms. The maximum absolute atomic E-state index is 12.4. The van der Waals surface area contributed by atoms with Gasteiger partial charge in [-0.05, 0) is 25.8 Å². The molecule has 3 N–H and O–H groups in total. The fraction of sp³-hybridized carbons (Fsp3) is 0.500. The Morgan fingerprint density at radius 3 is 2.95 bits per heavy atom. The third-order valence-corrected chi connectivity index (χ3v) is 4.54. The van der Waals surface area contributed by atoms with Gasteiger partial charge in [0.15, 0.2) is 0 Å². The van der Waals surface area contributed by atoms with Crippen molar-refractivity contribution in [1.29, 1.82) is 0 Å². The minimum Gasteiger partial charge on any atom is -0.355 e. The number of thiophene rings is 1. The van der Waals surface area contributed by atoms with E-state index in [0.717, 1.165) is 15.3 Å². The molecule has 0 spiro atoms. The molecule has 0 bridgehead atoms. The number of fused-ring (bicyclic) bond motifs is 1. The van der Waals surface area contributed by atoms with E-state index < -0.39 is 0 Å². The molecule has 2 aromatic rings. The molecule has 2 heterocycles. The minimum atomic E-state index is -0.0369. The molecule has 0 unspecified atom stereocenters. The SMILES string of the molecule is Cc1sc2ncn(CCCC(=O)NCCN)c(=O)c2c1C. The van der Waals surface area contributed by atoms with Crippen LogP contribution >= 0.6 is 11.3 Å². The van der Waals surface area contributed by atoms with Crippen molar-refractivity contribution in [3.8, 4) is 0 Å². The van der Waals surface area contributed by atoms with Crippen molar-refractivity contribution in [2.75, 3.05) is 13.1 Å². The number of amides is 1. The highest BCUT2D eigenvalue weighted by Gasteiger charge is 2.12. The molecule has 6 nitrogen and oxygen atoms in total. The maximum atomic E-state index is 12.4. The normalized spacial score (nSPS) is 11.0. The Bertz CT molecular complexity index is 705. The largest absolute Gasteiger partial charge is 0.355 e. The molecule has 0 fully saturated rings. The summed E-state index contributed by atoms with van der Waals surface area (Å²) in [5.74, 6) is -0.0369. The number of aromatic nitrogens is 2. The standard InChI is InChI=1S/C14H20N4O2S/c1-9-10(2)21-13-12(9)14(20)18(8-17-13)7-3-4-11(19)16-6-5-15/h8H,3-7,15H2,1-2H3,(H,16,19). The number of nitrogens with one attached hydrogen (secondary N) is 1. The molecule has 0 atom stereocenters.